The van der Waals surface area contributed by atoms with Crippen LogP contribution in [0.4, 0.5) is 0 Å². The van der Waals surface area contributed by atoms with E-state index in [1.807, 2.05) is 31.2 Å². The molecule has 0 heterocycles. The largest absolute Gasteiger partial charge is 0.497 e. The smallest absolute Gasteiger partial charge is 0.118 e. The number of hydrogen-bond donors (Lipinski definition) is 0. The molecule has 98 valence electrons. The number of ether oxygens (including phenoxy) is 1. The first-order chi connectivity index (χ1) is 9.19. The van der Waals surface area contributed by atoms with E-state index in [4.69, 9.17) is 4.74 Å². The van der Waals surface area contributed by atoms with E-state index in [0.29, 0.717) is 6.54 Å². The topological polar surface area (TPSA) is 21.6 Å². The average Bonchev–Trinajstić information content (AvgIpc) is 2.46. The fraction of sp³-hybridized carbons (Fsp3) is 0.235. The van der Waals surface area contributed by atoms with E-state index in [-0.39, 0.29) is 0 Å². The van der Waals surface area contributed by atoms with Crippen molar-refractivity contribution in [3.63, 3.8) is 0 Å². The molecule has 0 atom stereocenters. The van der Waals surface area contributed by atoms with Gasteiger partial charge in [0, 0.05) is 5.71 Å². The monoisotopic (exact) mass is 253 g/mol. The van der Waals surface area contributed by atoms with Crippen molar-refractivity contribution in [3.8, 4) is 5.75 Å². The average molecular weight is 253 g/mol. The van der Waals surface area contributed by atoms with Crippen LogP contribution in [-0.4, -0.2) is 12.8 Å². The minimum Gasteiger partial charge on any atom is -0.497 e. The lowest BCUT2D eigenvalue weighted by Crippen LogP contribution is -1.96. The van der Waals surface area contributed by atoms with Gasteiger partial charge >= 0.3 is 0 Å². The molecule has 0 aliphatic rings. The third-order valence-electron chi connectivity index (χ3n) is 3.13. The van der Waals surface area contributed by atoms with Gasteiger partial charge in [-0.25, -0.2) is 0 Å². The molecular weight excluding hydrogens is 234 g/mol. The summed E-state index contributed by atoms with van der Waals surface area (Å²) < 4.78 is 5.14. The highest BCUT2D eigenvalue weighted by atomic mass is 16.5. The minimum atomic E-state index is 0.698. The summed E-state index contributed by atoms with van der Waals surface area (Å²) in [6.45, 7) is 4.84. The molecule has 0 saturated carbocycles. The molecule has 2 aromatic carbocycles. The van der Waals surface area contributed by atoms with Gasteiger partial charge in [-0.15, -0.1) is 0 Å². The lowest BCUT2D eigenvalue weighted by atomic mass is 10.1. The van der Waals surface area contributed by atoms with Crippen LogP contribution in [0, 0.1) is 6.92 Å². The Hall–Kier alpha value is -2.09. The predicted octanol–water partition coefficient (Wildman–Crippen LogP) is 4.01. The van der Waals surface area contributed by atoms with Crippen LogP contribution in [0.5, 0.6) is 5.75 Å². The summed E-state index contributed by atoms with van der Waals surface area (Å²) in [7, 11) is 1.68. The van der Waals surface area contributed by atoms with E-state index in [1.54, 1.807) is 7.11 Å². The molecule has 2 heteroatoms. The molecular formula is C17H19NO. The number of aryl methyl sites for hydroxylation is 1. The molecule has 0 spiro atoms. The van der Waals surface area contributed by atoms with E-state index in [2.05, 4.69) is 36.2 Å². The molecule has 2 rings (SSSR count). The molecule has 2 nitrogen and oxygen atoms in total. The molecule has 2 aromatic rings. The molecule has 0 N–H and O–H groups in total. The molecule has 19 heavy (non-hydrogen) atoms. The van der Waals surface area contributed by atoms with Crippen LogP contribution >= 0.6 is 0 Å². The van der Waals surface area contributed by atoms with Crippen LogP contribution in [0.1, 0.15) is 23.6 Å². The Kier molecular flexibility index (Phi) is 4.35. The van der Waals surface area contributed by atoms with E-state index in [1.165, 1.54) is 16.7 Å². The number of methoxy groups -OCH3 is 1. The molecule has 0 aliphatic heterocycles. The highest BCUT2D eigenvalue weighted by Crippen LogP contribution is 2.12. The van der Waals surface area contributed by atoms with Crippen molar-refractivity contribution < 1.29 is 4.74 Å². The van der Waals surface area contributed by atoms with Crippen molar-refractivity contribution >= 4 is 5.71 Å². The standard InChI is InChI=1S/C17H19NO/c1-13-4-8-16(9-5-13)14(2)18-12-15-6-10-17(19-3)11-7-15/h4-11H,12H2,1-3H3. The van der Waals surface area contributed by atoms with Gasteiger partial charge in [-0.05, 0) is 37.1 Å². The fourth-order valence-corrected chi connectivity index (χ4v) is 1.83. The molecule has 0 unspecified atom stereocenters. The Morgan fingerprint density at radius 2 is 1.63 bits per heavy atom. The third kappa shape index (κ3) is 3.68. The van der Waals surface area contributed by atoms with Crippen LogP contribution in [0.2, 0.25) is 0 Å². The second-order valence-electron chi connectivity index (χ2n) is 4.62. The Morgan fingerprint density at radius 1 is 1.00 bits per heavy atom. The van der Waals surface area contributed by atoms with E-state index < -0.39 is 0 Å². The van der Waals surface area contributed by atoms with Gasteiger partial charge in [0.25, 0.3) is 0 Å². The molecule has 0 aliphatic carbocycles. The summed E-state index contributed by atoms with van der Waals surface area (Å²) in [5.74, 6) is 0.878. The second-order valence-corrected chi connectivity index (χ2v) is 4.62. The van der Waals surface area contributed by atoms with Gasteiger partial charge in [0.1, 0.15) is 5.75 Å². The SMILES string of the molecule is COc1ccc(CN=C(C)c2ccc(C)cc2)cc1. The maximum Gasteiger partial charge on any atom is 0.118 e. The van der Waals surface area contributed by atoms with Crippen LogP contribution in [0.25, 0.3) is 0 Å². The fourth-order valence-electron chi connectivity index (χ4n) is 1.83. The molecule has 0 saturated heterocycles. The van der Waals surface area contributed by atoms with E-state index >= 15 is 0 Å². The zero-order chi connectivity index (χ0) is 13.7. The Morgan fingerprint density at radius 3 is 2.21 bits per heavy atom. The van der Waals surface area contributed by atoms with Gasteiger partial charge in [0.15, 0.2) is 0 Å². The molecule has 0 bridgehead atoms. The summed E-state index contributed by atoms with van der Waals surface area (Å²) in [4.78, 5) is 4.63. The number of nitrogens with zero attached hydrogens (tertiary/aromatic N) is 1. The zero-order valence-corrected chi connectivity index (χ0v) is 11.7. The molecule has 0 aromatic heterocycles. The van der Waals surface area contributed by atoms with Gasteiger partial charge in [0.2, 0.25) is 0 Å². The molecule has 0 radical (unpaired) electrons. The van der Waals surface area contributed by atoms with Gasteiger partial charge in [-0.2, -0.15) is 0 Å². The summed E-state index contributed by atoms with van der Waals surface area (Å²) in [6.07, 6.45) is 0. The van der Waals surface area contributed by atoms with Crippen molar-refractivity contribution in [3.05, 3.63) is 65.2 Å². The van der Waals surface area contributed by atoms with Crippen LogP contribution in [0.3, 0.4) is 0 Å². The summed E-state index contributed by atoms with van der Waals surface area (Å²) >= 11 is 0. The maximum absolute atomic E-state index is 5.14. The van der Waals surface area contributed by atoms with Crippen molar-refractivity contribution in [1.29, 1.82) is 0 Å². The molecule has 0 fully saturated rings. The Balaban J connectivity index is 2.06. The zero-order valence-electron chi connectivity index (χ0n) is 11.7. The van der Waals surface area contributed by atoms with Crippen molar-refractivity contribution in [2.45, 2.75) is 20.4 Å². The predicted molar refractivity (Wildman–Crippen MR) is 80.1 cm³/mol. The third-order valence-corrected chi connectivity index (χ3v) is 3.13. The number of aliphatic imine (C=N–C) groups is 1. The first-order valence-electron chi connectivity index (χ1n) is 6.40. The summed E-state index contributed by atoms with van der Waals surface area (Å²) in [5, 5.41) is 0. The van der Waals surface area contributed by atoms with E-state index in [9.17, 15) is 0 Å². The first kappa shape index (κ1) is 13.3. The number of rotatable bonds is 4. The van der Waals surface area contributed by atoms with Gasteiger partial charge in [-0.3, -0.25) is 4.99 Å². The van der Waals surface area contributed by atoms with Crippen molar-refractivity contribution in [2.24, 2.45) is 4.99 Å². The van der Waals surface area contributed by atoms with Gasteiger partial charge in [0.05, 0.1) is 13.7 Å². The van der Waals surface area contributed by atoms with Gasteiger partial charge < -0.3 is 4.74 Å². The molecule has 0 amide bonds. The Labute approximate surface area is 114 Å². The van der Waals surface area contributed by atoms with Crippen LogP contribution in [0.15, 0.2) is 53.5 Å². The highest BCUT2D eigenvalue weighted by Gasteiger charge is 1.97. The summed E-state index contributed by atoms with van der Waals surface area (Å²) in [5.41, 5.74) is 4.70. The van der Waals surface area contributed by atoms with E-state index in [0.717, 1.165) is 11.5 Å². The lowest BCUT2D eigenvalue weighted by Gasteiger charge is -2.03. The quantitative estimate of drug-likeness (QED) is 0.754. The minimum absolute atomic E-state index is 0.698. The van der Waals surface area contributed by atoms with Crippen LogP contribution < -0.4 is 4.74 Å². The first-order valence-corrected chi connectivity index (χ1v) is 6.40. The normalized spacial score (nSPS) is 11.4. The Bertz CT molecular complexity index is 553. The highest BCUT2D eigenvalue weighted by molar-refractivity contribution is 5.98. The van der Waals surface area contributed by atoms with Crippen LogP contribution in [-0.2, 0) is 6.54 Å². The van der Waals surface area contributed by atoms with Crippen molar-refractivity contribution in [2.75, 3.05) is 7.11 Å². The summed E-state index contributed by atoms with van der Waals surface area (Å²) in [6, 6.07) is 16.5. The second kappa shape index (κ2) is 6.19. The maximum atomic E-state index is 5.14. The van der Waals surface area contributed by atoms with Gasteiger partial charge in [-0.1, -0.05) is 42.0 Å². The number of benzene rings is 2. The lowest BCUT2D eigenvalue weighted by molar-refractivity contribution is 0.414. The number of hydrogen-bond acceptors (Lipinski definition) is 2. The van der Waals surface area contributed by atoms with Crippen molar-refractivity contribution in [1.82, 2.24) is 0 Å².